The molecule has 0 bridgehead atoms. The van der Waals surface area contributed by atoms with Gasteiger partial charge in [-0.2, -0.15) is 0 Å². The van der Waals surface area contributed by atoms with E-state index in [1.807, 2.05) is 0 Å². The SMILES string of the molecule is Cc1ccc(Oc2ccc(NOC(C)(C)C(C)(C)O)cc2)cc1F. The van der Waals surface area contributed by atoms with Gasteiger partial charge in [-0.1, -0.05) is 6.07 Å². The van der Waals surface area contributed by atoms with Gasteiger partial charge in [0, 0.05) is 6.07 Å². The van der Waals surface area contributed by atoms with Gasteiger partial charge in [0.1, 0.15) is 22.9 Å². The van der Waals surface area contributed by atoms with E-state index in [2.05, 4.69) is 5.48 Å². The lowest BCUT2D eigenvalue weighted by molar-refractivity contribution is -0.130. The zero-order valence-corrected chi connectivity index (χ0v) is 14.7. The highest BCUT2D eigenvalue weighted by molar-refractivity contribution is 5.46. The van der Waals surface area contributed by atoms with Crippen LogP contribution in [-0.2, 0) is 4.84 Å². The standard InChI is InChI=1S/C19H24FNO3/c1-13-6-9-16(12-17(13)20)23-15-10-7-14(8-11-15)21-24-19(4,5)18(2,3)22/h6-12,21-22H,1-5H3. The van der Waals surface area contributed by atoms with Crippen LogP contribution >= 0.6 is 0 Å². The van der Waals surface area contributed by atoms with Crippen LogP contribution in [0.15, 0.2) is 42.5 Å². The number of ether oxygens (including phenoxy) is 1. The highest BCUT2D eigenvalue weighted by Gasteiger charge is 2.36. The number of hydrogen-bond donors (Lipinski definition) is 2. The van der Waals surface area contributed by atoms with Crippen LogP contribution < -0.4 is 10.2 Å². The molecule has 4 nitrogen and oxygen atoms in total. The Kier molecular flexibility index (Phi) is 5.16. The van der Waals surface area contributed by atoms with E-state index in [1.165, 1.54) is 6.07 Å². The van der Waals surface area contributed by atoms with Crippen molar-refractivity contribution in [2.24, 2.45) is 0 Å². The number of nitrogens with one attached hydrogen (secondary N) is 1. The van der Waals surface area contributed by atoms with Gasteiger partial charge < -0.3 is 9.84 Å². The average molecular weight is 333 g/mol. The molecule has 0 aliphatic rings. The van der Waals surface area contributed by atoms with Crippen molar-refractivity contribution in [3.63, 3.8) is 0 Å². The highest BCUT2D eigenvalue weighted by Crippen LogP contribution is 2.27. The van der Waals surface area contributed by atoms with Crippen molar-refractivity contribution >= 4 is 5.69 Å². The third kappa shape index (κ3) is 4.46. The summed E-state index contributed by atoms with van der Waals surface area (Å²) in [5.41, 5.74) is 2.34. The third-order valence-electron chi connectivity index (χ3n) is 4.13. The molecule has 0 aliphatic carbocycles. The smallest absolute Gasteiger partial charge is 0.130 e. The summed E-state index contributed by atoms with van der Waals surface area (Å²) in [7, 11) is 0. The van der Waals surface area contributed by atoms with Gasteiger partial charge in [0.25, 0.3) is 0 Å². The second-order valence-electron chi connectivity index (χ2n) is 6.81. The van der Waals surface area contributed by atoms with Crippen molar-refractivity contribution in [3.8, 4) is 11.5 Å². The van der Waals surface area contributed by atoms with Crippen molar-refractivity contribution < 1.29 is 19.1 Å². The summed E-state index contributed by atoms with van der Waals surface area (Å²) in [4.78, 5) is 5.58. The van der Waals surface area contributed by atoms with Gasteiger partial charge in [0.2, 0.25) is 0 Å². The number of aliphatic hydroxyl groups is 1. The van der Waals surface area contributed by atoms with Crippen molar-refractivity contribution in [2.45, 2.75) is 45.8 Å². The van der Waals surface area contributed by atoms with Crippen LogP contribution in [0.25, 0.3) is 0 Å². The molecule has 0 unspecified atom stereocenters. The Morgan fingerprint density at radius 3 is 2.08 bits per heavy atom. The van der Waals surface area contributed by atoms with E-state index < -0.39 is 11.2 Å². The number of aryl methyl sites for hydroxylation is 1. The normalized spacial score (nSPS) is 12.1. The van der Waals surface area contributed by atoms with Gasteiger partial charge in [-0.05, 0) is 70.5 Å². The van der Waals surface area contributed by atoms with E-state index in [-0.39, 0.29) is 5.82 Å². The van der Waals surface area contributed by atoms with Crippen LogP contribution in [-0.4, -0.2) is 16.3 Å². The summed E-state index contributed by atoms with van der Waals surface area (Å²) in [5, 5.41) is 10.1. The van der Waals surface area contributed by atoms with Crippen LogP contribution in [0.3, 0.4) is 0 Å². The number of hydrogen-bond acceptors (Lipinski definition) is 4. The van der Waals surface area contributed by atoms with Crippen LogP contribution in [0.4, 0.5) is 10.1 Å². The molecular formula is C19H24FNO3. The predicted molar refractivity (Wildman–Crippen MR) is 92.7 cm³/mol. The van der Waals surface area contributed by atoms with E-state index in [1.54, 1.807) is 71.0 Å². The van der Waals surface area contributed by atoms with E-state index in [0.29, 0.717) is 17.1 Å². The summed E-state index contributed by atoms with van der Waals surface area (Å²) in [6.07, 6.45) is 0. The van der Waals surface area contributed by atoms with Crippen molar-refractivity contribution in [1.82, 2.24) is 0 Å². The van der Waals surface area contributed by atoms with E-state index in [4.69, 9.17) is 9.57 Å². The number of benzene rings is 2. The number of anilines is 1. The quantitative estimate of drug-likeness (QED) is 0.744. The molecule has 2 N–H and O–H groups in total. The van der Waals surface area contributed by atoms with Gasteiger partial charge in [0.05, 0.1) is 11.3 Å². The lowest BCUT2D eigenvalue weighted by Gasteiger charge is -2.36. The molecule has 24 heavy (non-hydrogen) atoms. The molecule has 0 fully saturated rings. The van der Waals surface area contributed by atoms with Crippen molar-refractivity contribution in [1.29, 1.82) is 0 Å². The van der Waals surface area contributed by atoms with Crippen molar-refractivity contribution in [3.05, 3.63) is 53.8 Å². The highest BCUT2D eigenvalue weighted by atomic mass is 19.1. The molecule has 2 aromatic carbocycles. The van der Waals surface area contributed by atoms with Crippen molar-refractivity contribution in [2.75, 3.05) is 5.48 Å². The fourth-order valence-corrected chi connectivity index (χ4v) is 1.68. The first kappa shape index (κ1) is 18.2. The Morgan fingerprint density at radius 1 is 0.958 bits per heavy atom. The molecule has 0 atom stereocenters. The second-order valence-corrected chi connectivity index (χ2v) is 6.81. The second kappa shape index (κ2) is 6.79. The lowest BCUT2D eigenvalue weighted by atomic mass is 9.90. The Bertz CT molecular complexity index is 691. The summed E-state index contributed by atoms with van der Waals surface area (Å²) in [6.45, 7) is 8.67. The molecule has 0 saturated carbocycles. The molecule has 130 valence electrons. The maximum Gasteiger partial charge on any atom is 0.130 e. The van der Waals surface area contributed by atoms with Gasteiger partial charge in [0.15, 0.2) is 0 Å². The molecule has 0 aromatic heterocycles. The topological polar surface area (TPSA) is 50.7 Å². The monoisotopic (exact) mass is 333 g/mol. The van der Waals surface area contributed by atoms with Crippen LogP contribution in [0.2, 0.25) is 0 Å². The summed E-state index contributed by atoms with van der Waals surface area (Å²) >= 11 is 0. The van der Waals surface area contributed by atoms with Gasteiger partial charge >= 0.3 is 0 Å². The Labute approximate surface area is 142 Å². The summed E-state index contributed by atoms with van der Waals surface area (Å²) in [5.74, 6) is 0.733. The molecule has 0 spiro atoms. The minimum absolute atomic E-state index is 0.298. The molecule has 0 saturated heterocycles. The van der Waals surface area contributed by atoms with E-state index in [0.717, 1.165) is 5.69 Å². The lowest BCUT2D eigenvalue weighted by Crippen LogP contribution is -2.48. The molecule has 0 heterocycles. The molecule has 5 heteroatoms. The van der Waals surface area contributed by atoms with Crippen LogP contribution in [0, 0.1) is 12.7 Å². The Hall–Kier alpha value is -2.11. The average Bonchev–Trinajstić information content (AvgIpc) is 2.49. The molecule has 0 radical (unpaired) electrons. The van der Waals surface area contributed by atoms with Crippen LogP contribution in [0.1, 0.15) is 33.3 Å². The van der Waals surface area contributed by atoms with Crippen LogP contribution in [0.5, 0.6) is 11.5 Å². The first-order valence-corrected chi connectivity index (χ1v) is 7.79. The Morgan fingerprint density at radius 2 is 1.54 bits per heavy atom. The molecular weight excluding hydrogens is 309 g/mol. The molecule has 0 aliphatic heterocycles. The summed E-state index contributed by atoms with van der Waals surface area (Å²) < 4.78 is 19.1. The minimum atomic E-state index is -1.00. The zero-order chi connectivity index (χ0) is 18.0. The number of rotatable bonds is 6. The van der Waals surface area contributed by atoms with Gasteiger partial charge in [-0.25, -0.2) is 4.39 Å². The Balaban J connectivity index is 1.99. The maximum atomic E-state index is 13.5. The molecule has 0 amide bonds. The van der Waals surface area contributed by atoms with Gasteiger partial charge in [-0.15, -0.1) is 0 Å². The van der Waals surface area contributed by atoms with E-state index in [9.17, 15) is 9.50 Å². The zero-order valence-electron chi connectivity index (χ0n) is 14.7. The van der Waals surface area contributed by atoms with Gasteiger partial charge in [-0.3, -0.25) is 10.3 Å². The minimum Gasteiger partial charge on any atom is -0.457 e. The summed E-state index contributed by atoms with van der Waals surface area (Å²) in [6, 6.07) is 11.8. The number of halogens is 1. The molecule has 2 aromatic rings. The fraction of sp³-hybridized carbons (Fsp3) is 0.368. The third-order valence-corrected chi connectivity index (χ3v) is 4.13. The maximum absolute atomic E-state index is 13.5. The van der Waals surface area contributed by atoms with E-state index >= 15 is 0 Å². The predicted octanol–water partition coefficient (Wildman–Crippen LogP) is 4.82. The largest absolute Gasteiger partial charge is 0.457 e. The first-order valence-electron chi connectivity index (χ1n) is 7.79. The molecule has 2 rings (SSSR count). The first-order chi connectivity index (χ1) is 11.1. The fourth-order valence-electron chi connectivity index (χ4n) is 1.68.